The van der Waals surface area contributed by atoms with E-state index in [9.17, 15) is 0 Å². The van der Waals surface area contributed by atoms with E-state index in [1.165, 1.54) is 45.4 Å². The van der Waals surface area contributed by atoms with Crippen molar-refractivity contribution in [3.8, 4) is 0 Å². The summed E-state index contributed by atoms with van der Waals surface area (Å²) in [7, 11) is 4.31. The van der Waals surface area contributed by atoms with Crippen molar-refractivity contribution < 1.29 is 0 Å². The van der Waals surface area contributed by atoms with Gasteiger partial charge < -0.3 is 15.1 Å². The monoisotopic (exact) mass is 227 g/mol. The average molecular weight is 227 g/mol. The third kappa shape index (κ3) is 5.83. The zero-order valence-corrected chi connectivity index (χ0v) is 11.5. The summed E-state index contributed by atoms with van der Waals surface area (Å²) in [5.41, 5.74) is 0. The van der Waals surface area contributed by atoms with Crippen LogP contribution in [0.2, 0.25) is 0 Å². The van der Waals surface area contributed by atoms with Crippen LogP contribution in [0.4, 0.5) is 0 Å². The van der Waals surface area contributed by atoms with E-state index < -0.39 is 0 Å². The maximum Gasteiger partial charge on any atom is 0.00533 e. The Morgan fingerprint density at radius 2 is 1.69 bits per heavy atom. The molecule has 1 aliphatic heterocycles. The van der Waals surface area contributed by atoms with Gasteiger partial charge in [-0.2, -0.15) is 0 Å². The lowest BCUT2D eigenvalue weighted by Crippen LogP contribution is -2.43. The molecular weight excluding hydrogens is 198 g/mol. The molecule has 0 amide bonds. The topological polar surface area (TPSA) is 18.5 Å². The summed E-state index contributed by atoms with van der Waals surface area (Å²) < 4.78 is 0. The lowest BCUT2D eigenvalue weighted by atomic mass is 10.1. The number of hydrogen-bond donors (Lipinski definition) is 1. The molecule has 0 saturated carbocycles. The minimum Gasteiger partial charge on any atom is -0.312 e. The van der Waals surface area contributed by atoms with E-state index >= 15 is 0 Å². The zero-order chi connectivity index (χ0) is 12.0. The normalized spacial score (nSPS) is 29.1. The summed E-state index contributed by atoms with van der Waals surface area (Å²) >= 11 is 0. The molecule has 96 valence electrons. The van der Waals surface area contributed by atoms with Crippen LogP contribution < -0.4 is 5.32 Å². The van der Waals surface area contributed by atoms with E-state index in [1.807, 2.05) is 0 Å². The van der Waals surface area contributed by atoms with E-state index in [0.717, 1.165) is 0 Å². The molecule has 0 aliphatic carbocycles. The molecule has 1 rings (SSSR count). The van der Waals surface area contributed by atoms with Gasteiger partial charge in [0.25, 0.3) is 0 Å². The number of hydrogen-bond acceptors (Lipinski definition) is 3. The Bertz CT molecular complexity index is 170. The summed E-state index contributed by atoms with van der Waals surface area (Å²) in [6.07, 6.45) is 3.86. The van der Waals surface area contributed by atoms with Crippen LogP contribution in [0.15, 0.2) is 0 Å². The predicted molar refractivity (Wildman–Crippen MR) is 70.9 cm³/mol. The van der Waals surface area contributed by atoms with Gasteiger partial charge in [-0.3, -0.25) is 0 Å². The van der Waals surface area contributed by atoms with Gasteiger partial charge in [-0.25, -0.2) is 0 Å². The number of rotatable bonds is 4. The molecule has 0 radical (unpaired) electrons. The largest absolute Gasteiger partial charge is 0.312 e. The highest BCUT2D eigenvalue weighted by Crippen LogP contribution is 2.07. The van der Waals surface area contributed by atoms with Crippen molar-refractivity contribution in [1.29, 1.82) is 0 Å². The van der Waals surface area contributed by atoms with Crippen LogP contribution in [0.3, 0.4) is 0 Å². The molecule has 0 bridgehead atoms. The molecule has 0 spiro atoms. The summed E-state index contributed by atoms with van der Waals surface area (Å²) in [5, 5.41) is 3.64. The first-order chi connectivity index (χ1) is 7.58. The summed E-state index contributed by atoms with van der Waals surface area (Å²) in [6.45, 7) is 9.60. The Morgan fingerprint density at radius 1 is 1.12 bits per heavy atom. The van der Waals surface area contributed by atoms with E-state index in [1.54, 1.807) is 0 Å². The van der Waals surface area contributed by atoms with E-state index in [-0.39, 0.29) is 0 Å². The van der Waals surface area contributed by atoms with Gasteiger partial charge in [0.05, 0.1) is 0 Å². The molecule has 0 aromatic carbocycles. The van der Waals surface area contributed by atoms with Crippen molar-refractivity contribution in [3.05, 3.63) is 0 Å². The van der Waals surface area contributed by atoms with Crippen LogP contribution in [-0.2, 0) is 0 Å². The average Bonchev–Trinajstić information content (AvgIpc) is 2.18. The summed E-state index contributed by atoms with van der Waals surface area (Å²) in [5.74, 6) is 0. The second-order valence-electron chi connectivity index (χ2n) is 5.54. The third-order valence-corrected chi connectivity index (χ3v) is 3.41. The lowest BCUT2D eigenvalue weighted by Gasteiger charge is -2.31. The quantitative estimate of drug-likeness (QED) is 0.783. The van der Waals surface area contributed by atoms with Gasteiger partial charge in [0, 0.05) is 12.1 Å². The van der Waals surface area contributed by atoms with Gasteiger partial charge in [-0.05, 0) is 73.4 Å². The Balaban J connectivity index is 2.24. The Labute approximate surface area is 101 Å². The second-order valence-corrected chi connectivity index (χ2v) is 5.54. The van der Waals surface area contributed by atoms with Crippen LogP contribution in [0, 0.1) is 0 Å². The fourth-order valence-electron chi connectivity index (χ4n) is 2.35. The van der Waals surface area contributed by atoms with Gasteiger partial charge in [-0.1, -0.05) is 0 Å². The molecule has 1 fully saturated rings. The van der Waals surface area contributed by atoms with E-state index in [2.05, 4.69) is 43.1 Å². The minimum atomic E-state index is 0.673. The Kier molecular flexibility index (Phi) is 6.32. The first-order valence-electron chi connectivity index (χ1n) is 6.71. The van der Waals surface area contributed by atoms with Crippen molar-refractivity contribution in [2.24, 2.45) is 0 Å². The van der Waals surface area contributed by atoms with Crippen LogP contribution in [0.25, 0.3) is 0 Å². The van der Waals surface area contributed by atoms with Gasteiger partial charge in [0.2, 0.25) is 0 Å². The van der Waals surface area contributed by atoms with Crippen molar-refractivity contribution in [2.45, 2.75) is 45.2 Å². The molecule has 1 N–H and O–H groups in total. The van der Waals surface area contributed by atoms with Crippen molar-refractivity contribution >= 4 is 0 Å². The highest BCUT2D eigenvalue weighted by Gasteiger charge is 2.15. The summed E-state index contributed by atoms with van der Waals surface area (Å²) in [4.78, 5) is 4.91. The Morgan fingerprint density at radius 3 is 2.19 bits per heavy atom. The maximum atomic E-state index is 3.64. The van der Waals surface area contributed by atoms with Crippen molar-refractivity contribution in [3.63, 3.8) is 0 Å². The maximum absolute atomic E-state index is 3.64. The van der Waals surface area contributed by atoms with Gasteiger partial charge in [0.15, 0.2) is 0 Å². The van der Waals surface area contributed by atoms with E-state index in [4.69, 9.17) is 0 Å². The molecule has 0 aromatic rings. The first-order valence-corrected chi connectivity index (χ1v) is 6.71. The highest BCUT2D eigenvalue weighted by atomic mass is 15.1. The lowest BCUT2D eigenvalue weighted by molar-refractivity contribution is 0.209. The second kappa shape index (κ2) is 7.25. The van der Waals surface area contributed by atoms with Gasteiger partial charge >= 0.3 is 0 Å². The molecule has 0 aromatic heterocycles. The fraction of sp³-hybridized carbons (Fsp3) is 1.00. The third-order valence-electron chi connectivity index (χ3n) is 3.41. The van der Waals surface area contributed by atoms with Gasteiger partial charge in [-0.15, -0.1) is 0 Å². The fourth-order valence-corrected chi connectivity index (χ4v) is 2.35. The molecule has 2 unspecified atom stereocenters. The SMILES string of the molecule is CC1CCN(CCCN(C)C)CCC(C)N1. The molecule has 1 aliphatic rings. The molecule has 3 heteroatoms. The molecule has 16 heavy (non-hydrogen) atoms. The predicted octanol–water partition coefficient (Wildman–Crippen LogP) is 1.40. The van der Waals surface area contributed by atoms with Crippen LogP contribution in [0.5, 0.6) is 0 Å². The van der Waals surface area contributed by atoms with Crippen molar-refractivity contribution in [1.82, 2.24) is 15.1 Å². The molecular formula is C13H29N3. The number of nitrogens with one attached hydrogen (secondary N) is 1. The van der Waals surface area contributed by atoms with Crippen LogP contribution >= 0.6 is 0 Å². The van der Waals surface area contributed by atoms with E-state index in [0.29, 0.717) is 12.1 Å². The highest BCUT2D eigenvalue weighted by molar-refractivity contribution is 4.75. The molecule has 3 nitrogen and oxygen atoms in total. The molecule has 2 atom stereocenters. The van der Waals surface area contributed by atoms with Gasteiger partial charge in [0.1, 0.15) is 0 Å². The van der Waals surface area contributed by atoms with Crippen LogP contribution in [-0.4, -0.2) is 62.2 Å². The minimum absolute atomic E-state index is 0.673. The number of nitrogens with zero attached hydrogens (tertiary/aromatic N) is 2. The zero-order valence-electron chi connectivity index (χ0n) is 11.5. The molecule has 1 saturated heterocycles. The Hall–Kier alpha value is -0.120. The summed E-state index contributed by atoms with van der Waals surface area (Å²) in [6, 6.07) is 1.35. The van der Waals surface area contributed by atoms with Crippen molar-refractivity contribution in [2.75, 3.05) is 40.3 Å². The molecule has 1 heterocycles. The smallest absolute Gasteiger partial charge is 0.00533 e. The van der Waals surface area contributed by atoms with Crippen LogP contribution in [0.1, 0.15) is 33.1 Å². The standard InChI is InChI=1S/C13H29N3/c1-12-6-10-16(9-5-8-15(3)4)11-7-13(2)14-12/h12-14H,5-11H2,1-4H3. The first kappa shape index (κ1) is 13.9.